The predicted octanol–water partition coefficient (Wildman–Crippen LogP) is 0.952. The Morgan fingerprint density at radius 2 is 2.23 bits per heavy atom. The zero-order valence-corrected chi connectivity index (χ0v) is 15.2. The number of carbonyl (C=O) groups is 2. The van der Waals surface area contributed by atoms with Crippen molar-refractivity contribution in [1.82, 2.24) is 10.2 Å². The first-order valence-corrected chi connectivity index (χ1v) is 8.16. The first-order chi connectivity index (χ1) is 12.0. The number of hydrogen-bond acceptors (Lipinski definition) is 6. The maximum Gasteiger partial charge on any atom is 0.271 e. The van der Waals surface area contributed by atoms with Crippen molar-refractivity contribution >= 4 is 35.6 Å². The summed E-state index contributed by atoms with van der Waals surface area (Å²) in [5, 5.41) is 14.2. The second kappa shape index (κ2) is 8.33. The molecule has 0 radical (unpaired) electrons. The number of non-ortho nitro benzene ring substituents is 1. The van der Waals surface area contributed by atoms with Gasteiger partial charge in [-0.1, -0.05) is 0 Å². The van der Waals surface area contributed by atoms with Crippen LogP contribution in [0.1, 0.15) is 12.8 Å². The number of ether oxygens (including phenoxy) is 1. The fourth-order valence-electron chi connectivity index (χ4n) is 3.15. The van der Waals surface area contributed by atoms with Gasteiger partial charge < -0.3 is 15.0 Å². The Morgan fingerprint density at radius 3 is 2.92 bits per heavy atom. The molecule has 1 saturated heterocycles. The molecule has 2 amide bonds. The van der Waals surface area contributed by atoms with Gasteiger partial charge in [-0.05, 0) is 26.0 Å². The molecular formula is C16H21ClN4O5. The Labute approximate surface area is 156 Å². The molecule has 1 fully saturated rings. The fraction of sp³-hybridized carbons (Fsp3) is 0.500. The van der Waals surface area contributed by atoms with E-state index in [1.54, 1.807) is 4.90 Å². The maximum absolute atomic E-state index is 12.6. The fourth-order valence-corrected chi connectivity index (χ4v) is 3.15. The van der Waals surface area contributed by atoms with E-state index in [9.17, 15) is 19.7 Å². The minimum Gasteiger partial charge on any atom is -0.482 e. The molecule has 142 valence electrons. The van der Waals surface area contributed by atoms with E-state index in [-0.39, 0.29) is 54.8 Å². The van der Waals surface area contributed by atoms with E-state index in [1.165, 1.54) is 23.1 Å². The highest BCUT2D eigenvalue weighted by Crippen LogP contribution is 2.35. The molecule has 2 aliphatic heterocycles. The van der Waals surface area contributed by atoms with Crippen molar-refractivity contribution in [3.8, 4) is 5.75 Å². The zero-order valence-electron chi connectivity index (χ0n) is 14.3. The third-order valence-corrected chi connectivity index (χ3v) is 4.57. The normalized spacial score (nSPS) is 19.3. The summed E-state index contributed by atoms with van der Waals surface area (Å²) in [5.74, 6) is -0.194. The number of likely N-dealkylation sites (N-methyl/N-ethyl adjacent to an activating group) is 1. The molecular weight excluding hydrogens is 364 g/mol. The maximum atomic E-state index is 12.6. The van der Waals surface area contributed by atoms with Gasteiger partial charge in [0.25, 0.3) is 11.6 Å². The van der Waals surface area contributed by atoms with Crippen LogP contribution in [-0.2, 0) is 9.59 Å². The summed E-state index contributed by atoms with van der Waals surface area (Å²) in [7, 11) is 1.86. The van der Waals surface area contributed by atoms with Crippen LogP contribution in [0, 0.1) is 10.1 Å². The summed E-state index contributed by atoms with van der Waals surface area (Å²) in [6, 6.07) is 4.28. The van der Waals surface area contributed by atoms with Crippen molar-refractivity contribution in [1.29, 1.82) is 0 Å². The highest BCUT2D eigenvalue weighted by molar-refractivity contribution is 6.02. The summed E-state index contributed by atoms with van der Waals surface area (Å²) in [5.41, 5.74) is 0.115. The van der Waals surface area contributed by atoms with Crippen molar-refractivity contribution in [2.45, 2.75) is 18.9 Å². The Hall–Kier alpha value is -2.39. The number of rotatable bonds is 4. The molecule has 0 aromatic heterocycles. The SMILES string of the molecule is CNC1CCCN(C(=O)CN2C(=O)COc3ccc([N+](=O)[O-])cc32)C1.Cl. The molecule has 26 heavy (non-hydrogen) atoms. The minimum atomic E-state index is -0.540. The monoisotopic (exact) mass is 384 g/mol. The molecule has 1 aromatic rings. The van der Waals surface area contributed by atoms with Crippen LogP contribution < -0.4 is 15.0 Å². The zero-order chi connectivity index (χ0) is 18.0. The molecule has 1 N–H and O–H groups in total. The van der Waals surface area contributed by atoms with Crippen LogP contribution in [0.25, 0.3) is 0 Å². The number of nitro groups is 1. The number of halogens is 1. The van der Waals surface area contributed by atoms with E-state index in [2.05, 4.69) is 5.32 Å². The Kier molecular flexibility index (Phi) is 6.38. The van der Waals surface area contributed by atoms with Crippen molar-refractivity contribution < 1.29 is 19.2 Å². The number of anilines is 1. The van der Waals surface area contributed by atoms with Crippen molar-refractivity contribution in [2.75, 3.05) is 38.2 Å². The van der Waals surface area contributed by atoms with E-state index >= 15 is 0 Å². The van der Waals surface area contributed by atoms with E-state index in [1.807, 2.05) is 7.05 Å². The molecule has 3 rings (SSSR count). The highest BCUT2D eigenvalue weighted by atomic mass is 35.5. The van der Waals surface area contributed by atoms with Crippen LogP contribution in [0.15, 0.2) is 18.2 Å². The average molecular weight is 385 g/mol. The lowest BCUT2D eigenvalue weighted by atomic mass is 10.1. The molecule has 0 aliphatic carbocycles. The number of nitro benzene ring substituents is 1. The van der Waals surface area contributed by atoms with Gasteiger partial charge in [0, 0.05) is 31.3 Å². The van der Waals surface area contributed by atoms with E-state index in [4.69, 9.17) is 4.74 Å². The Bertz CT molecular complexity index is 714. The molecule has 0 spiro atoms. The van der Waals surface area contributed by atoms with Gasteiger partial charge >= 0.3 is 0 Å². The summed E-state index contributed by atoms with van der Waals surface area (Å²) in [6.45, 7) is 0.914. The molecule has 1 atom stereocenters. The molecule has 10 heteroatoms. The average Bonchev–Trinajstić information content (AvgIpc) is 2.63. The lowest BCUT2D eigenvalue weighted by Crippen LogP contribution is -2.51. The van der Waals surface area contributed by atoms with Gasteiger partial charge in [-0.15, -0.1) is 12.4 Å². The smallest absolute Gasteiger partial charge is 0.271 e. The number of carbonyl (C=O) groups excluding carboxylic acids is 2. The van der Waals surface area contributed by atoms with Crippen LogP contribution in [0.3, 0.4) is 0 Å². The van der Waals surface area contributed by atoms with Gasteiger partial charge in [0.1, 0.15) is 12.3 Å². The summed E-state index contributed by atoms with van der Waals surface area (Å²) in [6.07, 6.45) is 1.90. The lowest BCUT2D eigenvalue weighted by molar-refractivity contribution is -0.384. The molecule has 0 bridgehead atoms. The standard InChI is InChI=1S/C16H20N4O5.ClH/c1-17-11-3-2-6-18(8-11)15(21)9-19-13-7-12(20(23)24)4-5-14(13)25-10-16(19)22;/h4-5,7,11,17H,2-3,6,8-10H2,1H3;1H. The van der Waals surface area contributed by atoms with Crippen LogP contribution in [0.5, 0.6) is 5.75 Å². The van der Waals surface area contributed by atoms with Gasteiger partial charge in [-0.2, -0.15) is 0 Å². The van der Waals surface area contributed by atoms with E-state index in [0.717, 1.165) is 12.8 Å². The lowest BCUT2D eigenvalue weighted by Gasteiger charge is -2.35. The van der Waals surface area contributed by atoms with Crippen molar-refractivity contribution in [3.63, 3.8) is 0 Å². The summed E-state index contributed by atoms with van der Waals surface area (Å²) >= 11 is 0. The molecule has 2 heterocycles. The number of hydrogen-bond donors (Lipinski definition) is 1. The van der Waals surface area contributed by atoms with Gasteiger partial charge in [0.15, 0.2) is 6.61 Å². The van der Waals surface area contributed by atoms with Gasteiger partial charge in [-0.25, -0.2) is 0 Å². The number of likely N-dealkylation sites (tertiary alicyclic amines) is 1. The summed E-state index contributed by atoms with van der Waals surface area (Å²) < 4.78 is 5.31. The largest absolute Gasteiger partial charge is 0.482 e. The van der Waals surface area contributed by atoms with E-state index < -0.39 is 4.92 Å². The van der Waals surface area contributed by atoms with Crippen LogP contribution in [-0.4, -0.2) is 61.0 Å². The highest BCUT2D eigenvalue weighted by Gasteiger charge is 2.31. The minimum absolute atomic E-state index is 0. The molecule has 2 aliphatic rings. The van der Waals surface area contributed by atoms with Gasteiger partial charge in [0.2, 0.25) is 5.91 Å². The molecule has 0 saturated carbocycles. The number of benzene rings is 1. The Morgan fingerprint density at radius 1 is 1.46 bits per heavy atom. The number of nitrogens with one attached hydrogen (secondary N) is 1. The van der Waals surface area contributed by atoms with Crippen molar-refractivity contribution in [2.24, 2.45) is 0 Å². The van der Waals surface area contributed by atoms with Crippen LogP contribution in [0.2, 0.25) is 0 Å². The number of piperidine rings is 1. The second-order valence-electron chi connectivity index (χ2n) is 6.15. The Balaban J connectivity index is 0.00000243. The number of nitrogens with zero attached hydrogens (tertiary/aromatic N) is 3. The van der Waals surface area contributed by atoms with Crippen molar-refractivity contribution in [3.05, 3.63) is 28.3 Å². The first-order valence-electron chi connectivity index (χ1n) is 8.16. The molecule has 1 unspecified atom stereocenters. The predicted molar refractivity (Wildman–Crippen MR) is 96.9 cm³/mol. The topological polar surface area (TPSA) is 105 Å². The van der Waals surface area contributed by atoms with Crippen LogP contribution in [0.4, 0.5) is 11.4 Å². The van der Waals surface area contributed by atoms with Gasteiger partial charge in [-0.3, -0.25) is 24.6 Å². The third kappa shape index (κ3) is 4.05. The quantitative estimate of drug-likeness (QED) is 0.612. The molecule has 9 nitrogen and oxygen atoms in total. The third-order valence-electron chi connectivity index (χ3n) is 4.57. The van der Waals surface area contributed by atoms with Crippen LogP contribution >= 0.6 is 12.4 Å². The molecule has 1 aromatic carbocycles. The first kappa shape index (κ1) is 19.9. The van der Waals surface area contributed by atoms with Gasteiger partial charge in [0.05, 0.1) is 10.6 Å². The van der Waals surface area contributed by atoms with E-state index in [0.29, 0.717) is 18.8 Å². The second-order valence-corrected chi connectivity index (χ2v) is 6.15. The summed E-state index contributed by atoms with van der Waals surface area (Å²) in [4.78, 5) is 38.3. The number of amides is 2. The number of fused-ring (bicyclic) bond motifs is 1.